The van der Waals surface area contributed by atoms with Crippen LogP contribution >= 0.6 is 0 Å². The molecule has 2 rings (SSSR count). The highest BCUT2D eigenvalue weighted by Gasteiger charge is 2.05. The van der Waals surface area contributed by atoms with Gasteiger partial charge < -0.3 is 5.32 Å². The van der Waals surface area contributed by atoms with E-state index in [0.717, 1.165) is 30.3 Å². The molecule has 0 aliphatic carbocycles. The predicted molar refractivity (Wildman–Crippen MR) is 63.1 cm³/mol. The number of nitrogens with one attached hydrogen (secondary N) is 1. The molecular weight excluding hydrogens is 202 g/mol. The standard InChI is InChI=1S/C11H15N5/c1-3-12-11-6-5-9(14-15-11)10-7-8-13-16(10)4-2/h5-8H,3-4H2,1-2H3,(H,12,15). The Morgan fingerprint density at radius 1 is 1.19 bits per heavy atom. The molecule has 0 spiro atoms. The van der Waals surface area contributed by atoms with Crippen molar-refractivity contribution in [3.8, 4) is 11.4 Å². The summed E-state index contributed by atoms with van der Waals surface area (Å²) in [4.78, 5) is 0. The van der Waals surface area contributed by atoms with E-state index in [1.54, 1.807) is 6.20 Å². The highest BCUT2D eigenvalue weighted by atomic mass is 15.3. The zero-order valence-electron chi connectivity index (χ0n) is 9.51. The predicted octanol–water partition coefficient (Wildman–Crippen LogP) is 1.79. The molecule has 0 fully saturated rings. The Bertz CT molecular complexity index is 446. The highest BCUT2D eigenvalue weighted by molar-refractivity contribution is 5.54. The van der Waals surface area contributed by atoms with Crippen molar-refractivity contribution in [3.63, 3.8) is 0 Å². The van der Waals surface area contributed by atoms with Crippen molar-refractivity contribution in [1.82, 2.24) is 20.0 Å². The minimum absolute atomic E-state index is 0.800. The van der Waals surface area contributed by atoms with Crippen molar-refractivity contribution in [1.29, 1.82) is 0 Å². The first-order valence-corrected chi connectivity index (χ1v) is 5.45. The fourth-order valence-corrected chi connectivity index (χ4v) is 1.55. The van der Waals surface area contributed by atoms with Crippen LogP contribution in [0, 0.1) is 0 Å². The summed E-state index contributed by atoms with van der Waals surface area (Å²) in [6.07, 6.45) is 1.78. The van der Waals surface area contributed by atoms with E-state index >= 15 is 0 Å². The Kier molecular flexibility index (Phi) is 3.14. The van der Waals surface area contributed by atoms with E-state index in [0.29, 0.717) is 0 Å². The lowest BCUT2D eigenvalue weighted by molar-refractivity contribution is 0.664. The van der Waals surface area contributed by atoms with Gasteiger partial charge in [0, 0.05) is 19.3 Å². The van der Waals surface area contributed by atoms with Crippen LogP contribution in [0.1, 0.15) is 13.8 Å². The van der Waals surface area contributed by atoms with Crippen molar-refractivity contribution in [2.24, 2.45) is 0 Å². The van der Waals surface area contributed by atoms with E-state index in [1.165, 1.54) is 0 Å². The number of aryl methyl sites for hydroxylation is 1. The largest absolute Gasteiger partial charge is 0.369 e. The summed E-state index contributed by atoms with van der Waals surface area (Å²) in [5.41, 5.74) is 1.85. The highest BCUT2D eigenvalue weighted by Crippen LogP contribution is 2.16. The van der Waals surface area contributed by atoms with Gasteiger partial charge in [0.15, 0.2) is 0 Å². The van der Waals surface area contributed by atoms with Crippen LogP contribution in [0.15, 0.2) is 24.4 Å². The zero-order valence-corrected chi connectivity index (χ0v) is 9.51. The Labute approximate surface area is 94.5 Å². The third-order valence-electron chi connectivity index (χ3n) is 2.30. The Hall–Kier alpha value is -1.91. The van der Waals surface area contributed by atoms with Gasteiger partial charge in [0.25, 0.3) is 0 Å². The van der Waals surface area contributed by atoms with Crippen LogP contribution in [-0.2, 0) is 6.54 Å². The second kappa shape index (κ2) is 4.74. The number of anilines is 1. The lowest BCUT2D eigenvalue weighted by Crippen LogP contribution is -2.03. The molecule has 0 saturated carbocycles. The topological polar surface area (TPSA) is 55.6 Å². The Morgan fingerprint density at radius 2 is 2.06 bits per heavy atom. The molecule has 0 radical (unpaired) electrons. The molecule has 2 heterocycles. The molecule has 0 amide bonds. The summed E-state index contributed by atoms with van der Waals surface area (Å²) in [5.74, 6) is 0.800. The van der Waals surface area contributed by atoms with Gasteiger partial charge in [0.05, 0.1) is 5.69 Å². The average Bonchev–Trinajstić information content (AvgIpc) is 2.78. The molecule has 0 aliphatic rings. The smallest absolute Gasteiger partial charge is 0.148 e. The second-order valence-corrected chi connectivity index (χ2v) is 3.37. The normalized spacial score (nSPS) is 10.4. The maximum absolute atomic E-state index is 4.20. The Balaban J connectivity index is 2.27. The number of rotatable bonds is 4. The van der Waals surface area contributed by atoms with Gasteiger partial charge in [-0.1, -0.05) is 0 Å². The van der Waals surface area contributed by atoms with Gasteiger partial charge in [0.1, 0.15) is 11.5 Å². The molecule has 5 nitrogen and oxygen atoms in total. The SMILES string of the molecule is CCNc1ccc(-c2ccnn2CC)nn1. The van der Waals surface area contributed by atoms with Crippen molar-refractivity contribution >= 4 is 5.82 Å². The molecule has 0 atom stereocenters. The van der Waals surface area contributed by atoms with Crippen LogP contribution in [0.3, 0.4) is 0 Å². The number of aromatic nitrogens is 4. The molecule has 5 heteroatoms. The minimum Gasteiger partial charge on any atom is -0.369 e. The number of hydrogen-bond acceptors (Lipinski definition) is 4. The van der Waals surface area contributed by atoms with Gasteiger partial charge in [-0.3, -0.25) is 4.68 Å². The van der Waals surface area contributed by atoms with Gasteiger partial charge in [-0.15, -0.1) is 10.2 Å². The van der Waals surface area contributed by atoms with Gasteiger partial charge in [-0.05, 0) is 32.0 Å². The monoisotopic (exact) mass is 217 g/mol. The van der Waals surface area contributed by atoms with Crippen LogP contribution in [-0.4, -0.2) is 26.5 Å². The molecule has 84 valence electrons. The summed E-state index contributed by atoms with van der Waals surface area (Å²) in [7, 11) is 0. The summed E-state index contributed by atoms with van der Waals surface area (Å²) in [6, 6.07) is 5.83. The number of hydrogen-bond donors (Lipinski definition) is 1. The summed E-state index contributed by atoms with van der Waals surface area (Å²) in [5, 5.41) is 15.6. The lowest BCUT2D eigenvalue weighted by Gasteiger charge is -2.04. The van der Waals surface area contributed by atoms with Crippen molar-refractivity contribution in [3.05, 3.63) is 24.4 Å². The first kappa shape index (κ1) is 10.6. The van der Waals surface area contributed by atoms with E-state index in [4.69, 9.17) is 0 Å². The summed E-state index contributed by atoms with van der Waals surface area (Å²) < 4.78 is 1.90. The molecule has 16 heavy (non-hydrogen) atoms. The first-order valence-electron chi connectivity index (χ1n) is 5.45. The quantitative estimate of drug-likeness (QED) is 0.848. The van der Waals surface area contributed by atoms with E-state index in [1.807, 2.05) is 29.8 Å². The minimum atomic E-state index is 0.800. The first-order chi connectivity index (χ1) is 7.85. The van der Waals surface area contributed by atoms with Gasteiger partial charge >= 0.3 is 0 Å². The van der Waals surface area contributed by atoms with Crippen molar-refractivity contribution in [2.45, 2.75) is 20.4 Å². The third kappa shape index (κ3) is 2.03. The molecular formula is C11H15N5. The van der Waals surface area contributed by atoms with Gasteiger partial charge in [0.2, 0.25) is 0 Å². The van der Waals surface area contributed by atoms with E-state index < -0.39 is 0 Å². The maximum Gasteiger partial charge on any atom is 0.148 e. The van der Waals surface area contributed by atoms with Crippen LogP contribution in [0.4, 0.5) is 5.82 Å². The summed E-state index contributed by atoms with van der Waals surface area (Å²) in [6.45, 7) is 5.76. The third-order valence-corrected chi connectivity index (χ3v) is 2.30. The van der Waals surface area contributed by atoms with Crippen LogP contribution in [0.25, 0.3) is 11.4 Å². The van der Waals surface area contributed by atoms with Crippen molar-refractivity contribution < 1.29 is 0 Å². The Morgan fingerprint density at radius 3 is 2.69 bits per heavy atom. The van der Waals surface area contributed by atoms with Gasteiger partial charge in [-0.25, -0.2) is 0 Å². The summed E-state index contributed by atoms with van der Waals surface area (Å²) >= 11 is 0. The average molecular weight is 217 g/mol. The van der Waals surface area contributed by atoms with Crippen LogP contribution in [0.5, 0.6) is 0 Å². The zero-order chi connectivity index (χ0) is 11.4. The molecule has 0 unspecified atom stereocenters. The fourth-order valence-electron chi connectivity index (χ4n) is 1.55. The second-order valence-electron chi connectivity index (χ2n) is 3.37. The molecule has 0 aromatic carbocycles. The van der Waals surface area contributed by atoms with E-state index in [-0.39, 0.29) is 0 Å². The van der Waals surface area contributed by atoms with E-state index in [9.17, 15) is 0 Å². The maximum atomic E-state index is 4.20. The van der Waals surface area contributed by atoms with Gasteiger partial charge in [-0.2, -0.15) is 5.10 Å². The van der Waals surface area contributed by atoms with Crippen LogP contribution < -0.4 is 5.32 Å². The van der Waals surface area contributed by atoms with E-state index in [2.05, 4.69) is 27.5 Å². The van der Waals surface area contributed by atoms with Crippen molar-refractivity contribution in [2.75, 3.05) is 11.9 Å². The molecule has 0 bridgehead atoms. The molecule has 2 aromatic heterocycles. The number of nitrogens with zero attached hydrogens (tertiary/aromatic N) is 4. The molecule has 0 aliphatic heterocycles. The molecule has 0 saturated heterocycles. The lowest BCUT2D eigenvalue weighted by atomic mass is 10.3. The van der Waals surface area contributed by atoms with Crippen LogP contribution in [0.2, 0.25) is 0 Å². The fraction of sp³-hybridized carbons (Fsp3) is 0.364. The molecule has 1 N–H and O–H groups in total. The molecule has 2 aromatic rings.